The Balaban J connectivity index is 2.10. The Bertz CT molecular complexity index is 730. The first-order chi connectivity index (χ1) is 8.75. The van der Waals surface area contributed by atoms with Gasteiger partial charge in [-0.25, -0.2) is 0 Å². The van der Waals surface area contributed by atoms with E-state index in [2.05, 4.69) is 15.9 Å². The van der Waals surface area contributed by atoms with Crippen LogP contribution in [0.3, 0.4) is 0 Å². The number of thiophene rings is 1. The summed E-state index contributed by atoms with van der Waals surface area (Å²) < 4.78 is 0.866. The molecule has 3 aromatic rings. The Morgan fingerprint density at radius 3 is 2.50 bits per heavy atom. The molecule has 3 heteroatoms. The van der Waals surface area contributed by atoms with E-state index in [0.29, 0.717) is 0 Å². The molecule has 0 aliphatic heterocycles. The van der Waals surface area contributed by atoms with Gasteiger partial charge in [-0.05, 0) is 32.8 Å². The van der Waals surface area contributed by atoms with Gasteiger partial charge in [-0.2, -0.15) is 11.3 Å². The molecule has 1 nitrogen and oxygen atoms in total. The third kappa shape index (κ3) is 2.00. The maximum Gasteiger partial charge on any atom is 0.195 e. The molecule has 0 N–H and O–H groups in total. The van der Waals surface area contributed by atoms with Crippen LogP contribution in [-0.2, 0) is 0 Å². The number of ketones is 1. The Kier molecular flexibility index (Phi) is 3.02. The van der Waals surface area contributed by atoms with Crippen molar-refractivity contribution in [2.75, 3.05) is 0 Å². The summed E-state index contributed by atoms with van der Waals surface area (Å²) in [7, 11) is 0. The summed E-state index contributed by atoms with van der Waals surface area (Å²) in [5, 5.41) is 6.05. The van der Waals surface area contributed by atoms with E-state index in [-0.39, 0.29) is 5.78 Å². The molecule has 1 aromatic heterocycles. The van der Waals surface area contributed by atoms with Crippen LogP contribution < -0.4 is 0 Å². The number of carbonyl (C=O) groups excluding carboxylic acids is 1. The van der Waals surface area contributed by atoms with E-state index < -0.39 is 0 Å². The quantitative estimate of drug-likeness (QED) is 0.615. The second-order valence-electron chi connectivity index (χ2n) is 4.02. The molecule has 0 saturated carbocycles. The highest BCUT2D eigenvalue weighted by atomic mass is 79.9. The molecular formula is C15H9BrOS. The maximum atomic E-state index is 12.3. The zero-order chi connectivity index (χ0) is 12.5. The predicted molar refractivity (Wildman–Crippen MR) is 79.4 cm³/mol. The van der Waals surface area contributed by atoms with Crippen LogP contribution in [-0.4, -0.2) is 5.78 Å². The van der Waals surface area contributed by atoms with Gasteiger partial charge >= 0.3 is 0 Å². The summed E-state index contributed by atoms with van der Waals surface area (Å²) in [5.41, 5.74) is 1.46. The molecule has 0 unspecified atom stereocenters. The van der Waals surface area contributed by atoms with E-state index in [9.17, 15) is 4.79 Å². The van der Waals surface area contributed by atoms with Crippen LogP contribution in [0.25, 0.3) is 10.8 Å². The molecule has 3 rings (SSSR count). The third-order valence-corrected chi connectivity index (χ3v) is 4.57. The fraction of sp³-hybridized carbons (Fsp3) is 0. The normalized spacial score (nSPS) is 10.7. The molecule has 0 amide bonds. The second kappa shape index (κ2) is 4.67. The summed E-state index contributed by atoms with van der Waals surface area (Å²) in [4.78, 5) is 12.3. The number of fused-ring (bicyclic) bond motifs is 1. The van der Waals surface area contributed by atoms with Crippen LogP contribution in [0.2, 0.25) is 0 Å². The van der Waals surface area contributed by atoms with Gasteiger partial charge in [0, 0.05) is 26.4 Å². The molecule has 0 aliphatic rings. The number of carbonyl (C=O) groups is 1. The average Bonchev–Trinajstić information content (AvgIpc) is 2.83. The Hall–Kier alpha value is -1.45. The number of benzene rings is 2. The van der Waals surface area contributed by atoms with Gasteiger partial charge in [0.15, 0.2) is 5.78 Å². The molecule has 0 saturated heterocycles. The van der Waals surface area contributed by atoms with Crippen LogP contribution in [0.1, 0.15) is 15.9 Å². The van der Waals surface area contributed by atoms with Gasteiger partial charge in [0.05, 0.1) is 0 Å². The van der Waals surface area contributed by atoms with Gasteiger partial charge in [-0.1, -0.05) is 36.4 Å². The lowest BCUT2D eigenvalue weighted by molar-refractivity contribution is 0.103. The Morgan fingerprint density at radius 1 is 1.00 bits per heavy atom. The van der Waals surface area contributed by atoms with Crippen molar-refractivity contribution in [3.8, 4) is 0 Å². The number of halogens is 1. The van der Waals surface area contributed by atoms with Crippen molar-refractivity contribution in [3.05, 3.63) is 68.8 Å². The highest BCUT2D eigenvalue weighted by Gasteiger charge is 2.13. The van der Waals surface area contributed by atoms with E-state index in [4.69, 9.17) is 0 Å². The number of hydrogen-bond donors (Lipinski definition) is 0. The highest BCUT2D eigenvalue weighted by Crippen LogP contribution is 2.25. The van der Waals surface area contributed by atoms with Gasteiger partial charge < -0.3 is 0 Å². The zero-order valence-electron chi connectivity index (χ0n) is 9.39. The summed E-state index contributed by atoms with van der Waals surface area (Å²) in [6, 6.07) is 13.9. The van der Waals surface area contributed by atoms with E-state index in [0.717, 1.165) is 26.4 Å². The van der Waals surface area contributed by atoms with Crippen LogP contribution in [0.15, 0.2) is 57.7 Å². The first-order valence-electron chi connectivity index (χ1n) is 5.51. The minimum atomic E-state index is 0.0638. The molecule has 88 valence electrons. The standard InChI is InChI=1S/C15H9BrOS/c16-14-9-18-8-13(14)15(17)12-6-5-10-3-1-2-4-11(10)7-12/h1-9H. The molecule has 0 aliphatic carbocycles. The summed E-state index contributed by atoms with van der Waals surface area (Å²) >= 11 is 4.93. The molecule has 0 bridgehead atoms. The molecule has 0 atom stereocenters. The summed E-state index contributed by atoms with van der Waals surface area (Å²) in [6.45, 7) is 0. The second-order valence-corrected chi connectivity index (χ2v) is 5.62. The molecule has 2 aromatic carbocycles. The van der Waals surface area contributed by atoms with Crippen LogP contribution in [0.5, 0.6) is 0 Å². The number of rotatable bonds is 2. The van der Waals surface area contributed by atoms with E-state index in [1.54, 1.807) is 0 Å². The fourth-order valence-corrected chi connectivity index (χ4v) is 3.38. The number of hydrogen-bond acceptors (Lipinski definition) is 2. The summed E-state index contributed by atoms with van der Waals surface area (Å²) in [5.74, 6) is 0.0638. The van der Waals surface area contributed by atoms with Crippen LogP contribution in [0.4, 0.5) is 0 Å². The fourth-order valence-electron chi connectivity index (χ4n) is 1.93. The lowest BCUT2D eigenvalue weighted by atomic mass is 10.0. The van der Waals surface area contributed by atoms with Crippen molar-refractivity contribution >= 4 is 43.8 Å². The molecule has 18 heavy (non-hydrogen) atoms. The van der Waals surface area contributed by atoms with E-state index in [1.165, 1.54) is 11.3 Å². The van der Waals surface area contributed by atoms with Gasteiger partial charge in [0.2, 0.25) is 0 Å². The minimum absolute atomic E-state index is 0.0638. The van der Waals surface area contributed by atoms with Gasteiger partial charge in [-0.15, -0.1) is 0 Å². The van der Waals surface area contributed by atoms with Crippen molar-refractivity contribution < 1.29 is 4.79 Å². The lowest BCUT2D eigenvalue weighted by Gasteiger charge is -2.02. The average molecular weight is 317 g/mol. The van der Waals surface area contributed by atoms with E-state index in [1.807, 2.05) is 53.2 Å². The van der Waals surface area contributed by atoms with Crippen LogP contribution in [0, 0.1) is 0 Å². The molecule has 0 radical (unpaired) electrons. The predicted octanol–water partition coefficient (Wildman–Crippen LogP) is 4.89. The smallest absolute Gasteiger partial charge is 0.195 e. The van der Waals surface area contributed by atoms with Crippen molar-refractivity contribution in [2.45, 2.75) is 0 Å². The zero-order valence-corrected chi connectivity index (χ0v) is 11.8. The Morgan fingerprint density at radius 2 is 1.78 bits per heavy atom. The highest BCUT2D eigenvalue weighted by molar-refractivity contribution is 9.10. The third-order valence-electron chi connectivity index (χ3n) is 2.87. The molecule has 0 fully saturated rings. The van der Waals surface area contributed by atoms with Crippen molar-refractivity contribution in [1.82, 2.24) is 0 Å². The van der Waals surface area contributed by atoms with Crippen molar-refractivity contribution in [1.29, 1.82) is 0 Å². The molecule has 1 heterocycles. The molecular weight excluding hydrogens is 308 g/mol. The minimum Gasteiger partial charge on any atom is -0.289 e. The maximum absolute atomic E-state index is 12.3. The first kappa shape index (κ1) is 11.6. The van der Waals surface area contributed by atoms with Crippen molar-refractivity contribution in [3.63, 3.8) is 0 Å². The van der Waals surface area contributed by atoms with Gasteiger partial charge in [0.1, 0.15) is 0 Å². The first-order valence-corrected chi connectivity index (χ1v) is 7.24. The largest absolute Gasteiger partial charge is 0.289 e. The monoisotopic (exact) mass is 316 g/mol. The van der Waals surface area contributed by atoms with Crippen molar-refractivity contribution in [2.24, 2.45) is 0 Å². The molecule has 0 spiro atoms. The van der Waals surface area contributed by atoms with Gasteiger partial charge in [-0.3, -0.25) is 4.79 Å². The van der Waals surface area contributed by atoms with E-state index >= 15 is 0 Å². The Labute approximate surface area is 117 Å². The summed E-state index contributed by atoms with van der Waals surface area (Å²) in [6.07, 6.45) is 0. The van der Waals surface area contributed by atoms with Crippen LogP contribution >= 0.6 is 27.3 Å². The topological polar surface area (TPSA) is 17.1 Å². The van der Waals surface area contributed by atoms with Gasteiger partial charge in [0.25, 0.3) is 0 Å². The lowest BCUT2D eigenvalue weighted by Crippen LogP contribution is -2.00. The SMILES string of the molecule is O=C(c1ccc2ccccc2c1)c1cscc1Br.